The van der Waals surface area contributed by atoms with Gasteiger partial charge in [-0.15, -0.1) is 0 Å². The van der Waals surface area contributed by atoms with Crippen molar-refractivity contribution in [1.82, 2.24) is 0 Å². The second-order valence-electron chi connectivity index (χ2n) is 28.5. The Labute approximate surface area is 641 Å². The molecule has 0 spiro atoms. The van der Waals surface area contributed by atoms with E-state index in [0.29, 0.717) is 0 Å². The minimum absolute atomic E-state index is 0.285. The number of ether oxygens (including phenoxy) is 2. The summed E-state index contributed by atoms with van der Waals surface area (Å²) in [4.78, 5) is 10.1. The summed E-state index contributed by atoms with van der Waals surface area (Å²) in [6, 6.07) is 150. The van der Waals surface area contributed by atoms with Crippen LogP contribution in [-0.2, 0) is 0 Å². The molecule has 0 saturated heterocycles. The third kappa shape index (κ3) is 10.7. The van der Waals surface area contributed by atoms with E-state index in [2.05, 4.69) is 432 Å². The fourth-order valence-electron chi connectivity index (χ4n) is 17.6. The van der Waals surface area contributed by atoms with E-state index < -0.39 is 0 Å². The maximum Gasteiger partial charge on any atom is 0.256 e. The Morgan fingerprint density at radius 3 is 0.882 bits per heavy atom. The highest BCUT2D eigenvalue weighted by Crippen LogP contribution is 2.56. The van der Waals surface area contributed by atoms with Gasteiger partial charge in [-0.3, -0.25) is 0 Å². The van der Waals surface area contributed by atoms with Gasteiger partial charge in [0, 0.05) is 85.3 Å². The lowest BCUT2D eigenvalue weighted by Crippen LogP contribution is -2.63. The van der Waals surface area contributed by atoms with Crippen LogP contribution in [0, 0.1) is 0 Å². The van der Waals surface area contributed by atoms with Crippen molar-refractivity contribution in [3.05, 3.63) is 413 Å². The molecule has 110 heavy (non-hydrogen) atoms. The highest BCUT2D eigenvalue weighted by Gasteiger charge is 2.49. The van der Waals surface area contributed by atoms with Gasteiger partial charge in [0.05, 0.1) is 28.4 Å². The first-order valence-electron chi connectivity index (χ1n) is 37.8. The zero-order valence-electron chi connectivity index (χ0n) is 60.0. The van der Waals surface area contributed by atoms with E-state index in [1.54, 1.807) is 0 Å². The maximum atomic E-state index is 7.67. The van der Waals surface area contributed by atoms with Crippen LogP contribution >= 0.6 is 0 Å². The summed E-state index contributed by atoms with van der Waals surface area (Å²) in [6.07, 6.45) is 0. The molecule has 0 aliphatic carbocycles. The lowest BCUT2D eigenvalue weighted by atomic mass is 9.31. The number of rotatable bonds is 14. The molecule has 6 nitrogen and oxygen atoms in total. The van der Waals surface area contributed by atoms with Crippen molar-refractivity contribution in [2.24, 2.45) is 0 Å². The molecule has 21 rings (SSSR count). The van der Waals surface area contributed by atoms with Gasteiger partial charge in [0.2, 0.25) is 0 Å². The van der Waals surface area contributed by atoms with E-state index in [1.165, 1.54) is 0 Å². The summed E-state index contributed by atoms with van der Waals surface area (Å²) in [7, 11) is 0. The molecule has 17 aromatic carbocycles. The van der Waals surface area contributed by atoms with Gasteiger partial charge in [0.15, 0.2) is 0 Å². The molecule has 0 fully saturated rings. The fraction of sp³-hybridized carbons (Fsp3) is 0. The molecular formula is C102H68B2N4O2. The Balaban J connectivity index is 0.888. The summed E-state index contributed by atoms with van der Waals surface area (Å²) in [5.41, 5.74) is 31.9. The van der Waals surface area contributed by atoms with Gasteiger partial charge in [-0.25, -0.2) is 0 Å². The third-order valence-electron chi connectivity index (χ3n) is 22.3. The average molecular weight is 1400 g/mol. The highest BCUT2D eigenvalue weighted by atomic mass is 16.5. The number of benzene rings is 17. The smallest absolute Gasteiger partial charge is 0.256 e. The number of anilines is 12. The lowest BCUT2D eigenvalue weighted by Gasteiger charge is -2.45. The SMILES string of the molecule is c1ccc(-c2cccc(-c3ccccc3)c2N(c2ccccc2)c2cc3c4c(c2)N(c2ccccc2)c2cc5c(cc2B4c2ccccc2O3)B2c3ccccc3Oc3cc(N(c4ccccc4)c4c(-c6ccccc6)cccc4-c4ccccc4)cc(c32)N5c2c(-c3ccccc3)cccc2-c2ccccc2)cc1. The second kappa shape index (κ2) is 26.9. The van der Waals surface area contributed by atoms with Crippen molar-refractivity contribution >= 4 is 114 Å². The van der Waals surface area contributed by atoms with Crippen molar-refractivity contribution < 1.29 is 9.47 Å². The van der Waals surface area contributed by atoms with Gasteiger partial charge in [-0.1, -0.05) is 334 Å². The normalized spacial score (nSPS) is 12.4. The molecule has 0 unspecified atom stereocenters. The van der Waals surface area contributed by atoms with E-state index >= 15 is 0 Å². The average Bonchev–Trinajstić information content (AvgIpc) is 0.686. The summed E-state index contributed by atoms with van der Waals surface area (Å²) in [6.45, 7) is -0.597. The van der Waals surface area contributed by atoms with Crippen LogP contribution in [0.1, 0.15) is 0 Å². The molecule has 514 valence electrons. The Bertz CT molecular complexity index is 6190. The first kappa shape index (κ1) is 64.1. The van der Waals surface area contributed by atoms with E-state index in [1.807, 2.05) is 0 Å². The Morgan fingerprint density at radius 1 is 0.209 bits per heavy atom. The molecule has 4 heterocycles. The Morgan fingerprint density at radius 2 is 0.509 bits per heavy atom. The molecule has 0 atom stereocenters. The van der Waals surface area contributed by atoms with Crippen LogP contribution in [0.5, 0.6) is 23.0 Å². The highest BCUT2D eigenvalue weighted by molar-refractivity contribution is 7.02. The van der Waals surface area contributed by atoms with E-state index in [9.17, 15) is 0 Å². The van der Waals surface area contributed by atoms with Crippen molar-refractivity contribution in [2.75, 3.05) is 19.6 Å². The van der Waals surface area contributed by atoms with Gasteiger partial charge < -0.3 is 29.1 Å². The quantitative estimate of drug-likeness (QED) is 0.101. The van der Waals surface area contributed by atoms with Gasteiger partial charge in [-0.05, 0) is 133 Å². The van der Waals surface area contributed by atoms with Crippen LogP contribution in [0.25, 0.3) is 66.8 Å². The topological polar surface area (TPSA) is 31.4 Å². The van der Waals surface area contributed by atoms with Crippen LogP contribution < -0.4 is 61.9 Å². The van der Waals surface area contributed by atoms with Crippen molar-refractivity contribution in [3.63, 3.8) is 0 Å². The number of hydrogen-bond acceptors (Lipinski definition) is 6. The largest absolute Gasteiger partial charge is 0.458 e. The maximum absolute atomic E-state index is 7.67. The Kier molecular flexibility index (Phi) is 15.7. The first-order valence-corrected chi connectivity index (χ1v) is 37.8. The molecule has 17 aromatic rings. The molecule has 4 aliphatic heterocycles. The van der Waals surface area contributed by atoms with Crippen LogP contribution in [0.2, 0.25) is 0 Å². The van der Waals surface area contributed by atoms with Gasteiger partial charge in [0.25, 0.3) is 13.4 Å². The van der Waals surface area contributed by atoms with Crippen LogP contribution in [0.4, 0.5) is 68.2 Å². The molecule has 8 heteroatoms. The first-order chi connectivity index (χ1) is 54.6. The Hall–Kier alpha value is -14.3. The summed E-state index contributed by atoms with van der Waals surface area (Å²) < 4.78 is 15.2. The van der Waals surface area contributed by atoms with E-state index in [0.717, 1.165) is 191 Å². The molecule has 0 amide bonds. The molecule has 4 aliphatic rings. The molecule has 0 aromatic heterocycles. The van der Waals surface area contributed by atoms with E-state index in [4.69, 9.17) is 9.47 Å². The van der Waals surface area contributed by atoms with Crippen molar-refractivity contribution in [2.45, 2.75) is 0 Å². The second-order valence-corrected chi connectivity index (χ2v) is 28.5. The molecule has 0 bridgehead atoms. The molecular weight excluding hydrogens is 1330 g/mol. The summed E-state index contributed by atoms with van der Waals surface area (Å²) in [5, 5.41) is 0. The molecule has 0 saturated carbocycles. The monoisotopic (exact) mass is 1400 g/mol. The minimum Gasteiger partial charge on any atom is -0.458 e. The standard InChI is InChI=1S/C102H68B2N4O2/c1-10-35-69(36-11-1)80-53-32-54-81(70-37-12-2-13-38-70)100(80)105(75-47-22-7-23-48-75)78-63-92-98-96(65-78)109-94-61-30-28-59-86(94)103(98)88-67-89-91(68-90(88)107(92)77-51-26-9-27-52-77)108(102-84(73-43-18-5-19-44-73)57-34-58-85(102)74-45-20-6-21-46-74)93-64-79(66-97-99(93)104(89)87-60-29-31-62-95(87)110-97)106(76-49-24-8-25-50-76)101-82(71-39-14-3-15-40-71)55-33-56-83(101)72-41-16-4-17-42-72/h1-68H. The predicted octanol–water partition coefficient (Wildman–Crippen LogP) is 23.4. The number of nitrogens with zero attached hydrogens (tertiary/aromatic N) is 4. The fourth-order valence-corrected chi connectivity index (χ4v) is 17.6. The van der Waals surface area contributed by atoms with Gasteiger partial charge in [-0.2, -0.15) is 0 Å². The molecule has 0 N–H and O–H groups in total. The van der Waals surface area contributed by atoms with Crippen molar-refractivity contribution in [3.8, 4) is 89.8 Å². The van der Waals surface area contributed by atoms with Crippen LogP contribution in [0.3, 0.4) is 0 Å². The molecule has 0 radical (unpaired) electrons. The van der Waals surface area contributed by atoms with Gasteiger partial charge in [0.1, 0.15) is 23.0 Å². The predicted molar refractivity (Wildman–Crippen MR) is 460 cm³/mol. The van der Waals surface area contributed by atoms with Gasteiger partial charge >= 0.3 is 0 Å². The number of para-hydroxylation sites is 8. The van der Waals surface area contributed by atoms with Crippen molar-refractivity contribution in [1.29, 1.82) is 0 Å². The summed E-state index contributed by atoms with van der Waals surface area (Å²) >= 11 is 0. The van der Waals surface area contributed by atoms with Crippen LogP contribution in [0.15, 0.2) is 413 Å². The number of hydrogen-bond donors (Lipinski definition) is 0. The zero-order chi connectivity index (χ0) is 72.6. The van der Waals surface area contributed by atoms with E-state index in [-0.39, 0.29) is 13.4 Å². The zero-order valence-corrected chi connectivity index (χ0v) is 60.0. The third-order valence-corrected chi connectivity index (χ3v) is 22.3. The minimum atomic E-state index is -0.312. The number of fused-ring (bicyclic) bond motifs is 8. The summed E-state index contributed by atoms with van der Waals surface area (Å²) in [5.74, 6) is 3.21. The lowest BCUT2D eigenvalue weighted by molar-refractivity contribution is 0.487. The van der Waals surface area contributed by atoms with Crippen LogP contribution in [-0.4, -0.2) is 13.4 Å².